The van der Waals surface area contributed by atoms with Gasteiger partial charge in [-0.15, -0.1) is 0 Å². The number of methoxy groups -OCH3 is 1. The molecule has 0 N–H and O–H groups in total. The van der Waals surface area contributed by atoms with Crippen LogP contribution in [0.15, 0.2) is 36.4 Å². The summed E-state index contributed by atoms with van der Waals surface area (Å²) in [6.45, 7) is -0.435. The summed E-state index contributed by atoms with van der Waals surface area (Å²) < 4.78 is 36.4. The van der Waals surface area contributed by atoms with Crippen LogP contribution in [-0.2, 0) is 11.3 Å². The first-order valence-electron chi connectivity index (χ1n) is 6.36. The fourth-order valence-corrected chi connectivity index (χ4v) is 1.84. The molecule has 6 nitrogen and oxygen atoms in total. The number of nitrogens with zero attached hydrogens (tertiary/aromatic N) is 1. The first-order chi connectivity index (χ1) is 10.9. The number of benzene rings is 2. The number of ether oxygens (including phenoxy) is 2. The predicted molar refractivity (Wildman–Crippen MR) is 75.1 cm³/mol. The molecule has 0 saturated carbocycles. The molecule has 23 heavy (non-hydrogen) atoms. The Bertz CT molecular complexity index is 764. The van der Waals surface area contributed by atoms with Crippen LogP contribution in [0.5, 0.6) is 5.75 Å². The van der Waals surface area contributed by atoms with E-state index in [1.807, 2.05) is 0 Å². The summed E-state index contributed by atoms with van der Waals surface area (Å²) in [6.07, 6.45) is 0. The molecule has 0 aromatic heterocycles. The van der Waals surface area contributed by atoms with E-state index in [1.165, 1.54) is 18.2 Å². The molecule has 0 aliphatic heterocycles. The van der Waals surface area contributed by atoms with Gasteiger partial charge in [-0.3, -0.25) is 10.1 Å². The van der Waals surface area contributed by atoms with Crippen molar-refractivity contribution in [1.29, 1.82) is 0 Å². The van der Waals surface area contributed by atoms with Crippen LogP contribution < -0.4 is 4.74 Å². The fraction of sp³-hybridized carbons (Fsp3) is 0.133. The molecule has 8 heteroatoms. The first kappa shape index (κ1) is 16.3. The van der Waals surface area contributed by atoms with Gasteiger partial charge in [-0.2, -0.15) is 0 Å². The highest BCUT2D eigenvalue weighted by Crippen LogP contribution is 2.29. The van der Waals surface area contributed by atoms with Crippen molar-refractivity contribution in [2.75, 3.05) is 7.11 Å². The zero-order valence-corrected chi connectivity index (χ0v) is 11.9. The minimum atomic E-state index is -1.10. The Kier molecular flexibility index (Phi) is 4.85. The summed E-state index contributed by atoms with van der Waals surface area (Å²) in [5.41, 5.74) is -0.481. The Labute approximate surface area is 129 Å². The smallest absolute Gasteiger partial charge is 0.337 e. The number of halogens is 2. The predicted octanol–water partition coefficient (Wildman–Crippen LogP) is 3.24. The molecule has 0 fully saturated rings. The lowest BCUT2D eigenvalue weighted by Crippen LogP contribution is -2.05. The van der Waals surface area contributed by atoms with Crippen molar-refractivity contribution in [1.82, 2.24) is 0 Å². The summed E-state index contributed by atoms with van der Waals surface area (Å²) in [6, 6.07) is 6.91. The molecule has 0 aliphatic carbocycles. The number of hydrogen-bond acceptors (Lipinski definition) is 5. The molecule has 0 amide bonds. The molecule has 0 atom stereocenters. The third-order valence-corrected chi connectivity index (χ3v) is 2.99. The second-order valence-corrected chi connectivity index (χ2v) is 4.43. The van der Waals surface area contributed by atoms with E-state index in [9.17, 15) is 23.7 Å². The van der Waals surface area contributed by atoms with Gasteiger partial charge < -0.3 is 9.47 Å². The van der Waals surface area contributed by atoms with Crippen molar-refractivity contribution in [3.8, 4) is 5.75 Å². The Morgan fingerprint density at radius 1 is 1.26 bits per heavy atom. The van der Waals surface area contributed by atoms with Crippen molar-refractivity contribution < 1.29 is 28.0 Å². The largest absolute Gasteiger partial charge is 0.482 e. The summed E-state index contributed by atoms with van der Waals surface area (Å²) in [4.78, 5) is 21.7. The third kappa shape index (κ3) is 3.60. The molecule has 0 heterocycles. The molecule has 0 bridgehead atoms. The lowest BCUT2D eigenvalue weighted by molar-refractivity contribution is -0.385. The van der Waals surface area contributed by atoms with E-state index in [0.29, 0.717) is 0 Å². The molecule has 0 unspecified atom stereocenters. The van der Waals surface area contributed by atoms with Crippen LogP contribution in [0.25, 0.3) is 0 Å². The van der Waals surface area contributed by atoms with E-state index in [4.69, 9.17) is 4.74 Å². The lowest BCUT2D eigenvalue weighted by atomic mass is 10.2. The average molecular weight is 323 g/mol. The maximum Gasteiger partial charge on any atom is 0.337 e. The van der Waals surface area contributed by atoms with Crippen molar-refractivity contribution >= 4 is 11.7 Å². The van der Waals surface area contributed by atoms with Crippen LogP contribution in [0.1, 0.15) is 15.9 Å². The monoisotopic (exact) mass is 323 g/mol. The average Bonchev–Trinajstić information content (AvgIpc) is 2.55. The second kappa shape index (κ2) is 6.82. The van der Waals surface area contributed by atoms with E-state index in [-0.39, 0.29) is 16.9 Å². The number of carbonyl (C=O) groups is 1. The number of nitro benzene ring substituents is 1. The number of nitro groups is 1. The minimum Gasteiger partial charge on any atom is -0.482 e. The number of rotatable bonds is 5. The van der Waals surface area contributed by atoms with Crippen LogP contribution >= 0.6 is 0 Å². The maximum absolute atomic E-state index is 13.6. The zero-order chi connectivity index (χ0) is 17.0. The molecular weight excluding hydrogens is 312 g/mol. The standard InChI is InChI=1S/C15H11F2NO5/c1-22-15(19)9-5-6-12(18(20)21)13(7-9)23-8-10-3-2-4-11(16)14(10)17/h2-7H,8H2,1H3. The van der Waals surface area contributed by atoms with Gasteiger partial charge >= 0.3 is 11.7 Å². The molecule has 2 aromatic rings. The Morgan fingerprint density at radius 3 is 2.65 bits per heavy atom. The summed E-state index contributed by atoms with van der Waals surface area (Å²) in [5.74, 6) is -3.11. The van der Waals surface area contributed by atoms with Gasteiger partial charge in [-0.1, -0.05) is 12.1 Å². The minimum absolute atomic E-state index is 0.0350. The Morgan fingerprint density at radius 2 is 2.00 bits per heavy atom. The van der Waals surface area contributed by atoms with Crippen molar-refractivity contribution in [2.24, 2.45) is 0 Å². The Hall–Kier alpha value is -3.03. The van der Waals surface area contributed by atoms with Crippen LogP contribution in [0, 0.1) is 21.7 Å². The SMILES string of the molecule is COC(=O)c1ccc([N+](=O)[O-])c(OCc2cccc(F)c2F)c1. The lowest BCUT2D eigenvalue weighted by Gasteiger charge is -2.09. The van der Waals surface area contributed by atoms with E-state index < -0.39 is 34.8 Å². The first-order valence-corrected chi connectivity index (χ1v) is 6.36. The zero-order valence-electron chi connectivity index (χ0n) is 11.9. The van der Waals surface area contributed by atoms with Gasteiger partial charge in [0.15, 0.2) is 17.4 Å². The van der Waals surface area contributed by atoms with Crippen LogP contribution in [-0.4, -0.2) is 18.0 Å². The number of hydrogen-bond donors (Lipinski definition) is 0. The van der Waals surface area contributed by atoms with Gasteiger partial charge in [0.05, 0.1) is 17.6 Å². The highest BCUT2D eigenvalue weighted by Gasteiger charge is 2.19. The maximum atomic E-state index is 13.6. The topological polar surface area (TPSA) is 78.7 Å². The van der Waals surface area contributed by atoms with Crippen molar-refractivity contribution in [3.05, 3.63) is 69.3 Å². The van der Waals surface area contributed by atoms with Gasteiger partial charge in [0.1, 0.15) is 6.61 Å². The summed E-state index contributed by atoms with van der Waals surface area (Å²) in [5, 5.41) is 11.0. The molecule has 0 radical (unpaired) electrons. The molecule has 0 saturated heterocycles. The third-order valence-electron chi connectivity index (χ3n) is 2.99. The van der Waals surface area contributed by atoms with Crippen LogP contribution in [0.4, 0.5) is 14.5 Å². The normalized spacial score (nSPS) is 10.2. The molecule has 0 spiro atoms. The molecule has 2 aromatic carbocycles. The van der Waals surface area contributed by atoms with Gasteiger partial charge in [-0.25, -0.2) is 13.6 Å². The van der Waals surface area contributed by atoms with Gasteiger partial charge in [0.25, 0.3) is 0 Å². The van der Waals surface area contributed by atoms with Gasteiger partial charge in [0, 0.05) is 17.7 Å². The molecular formula is C15H11F2NO5. The van der Waals surface area contributed by atoms with E-state index >= 15 is 0 Å². The van der Waals surface area contributed by atoms with Gasteiger partial charge in [0.2, 0.25) is 0 Å². The highest BCUT2D eigenvalue weighted by molar-refractivity contribution is 5.90. The van der Waals surface area contributed by atoms with Crippen LogP contribution in [0.3, 0.4) is 0 Å². The molecule has 2 rings (SSSR count). The Balaban J connectivity index is 2.31. The van der Waals surface area contributed by atoms with E-state index in [1.54, 1.807) is 0 Å². The van der Waals surface area contributed by atoms with Crippen molar-refractivity contribution in [2.45, 2.75) is 6.61 Å². The fourth-order valence-electron chi connectivity index (χ4n) is 1.84. The van der Waals surface area contributed by atoms with E-state index in [0.717, 1.165) is 25.3 Å². The summed E-state index contributed by atoms with van der Waals surface area (Å²) >= 11 is 0. The van der Waals surface area contributed by atoms with Crippen molar-refractivity contribution in [3.63, 3.8) is 0 Å². The number of carbonyl (C=O) groups excluding carboxylic acids is 1. The number of esters is 1. The highest BCUT2D eigenvalue weighted by atomic mass is 19.2. The van der Waals surface area contributed by atoms with Crippen LogP contribution in [0.2, 0.25) is 0 Å². The summed E-state index contributed by atoms with van der Waals surface area (Å²) in [7, 11) is 1.16. The van der Waals surface area contributed by atoms with Gasteiger partial charge in [-0.05, 0) is 12.1 Å². The second-order valence-electron chi connectivity index (χ2n) is 4.43. The molecule has 120 valence electrons. The quantitative estimate of drug-likeness (QED) is 0.479. The van der Waals surface area contributed by atoms with E-state index in [2.05, 4.69) is 4.74 Å². The molecule has 0 aliphatic rings.